The number of rotatable bonds is 5. The van der Waals surface area contributed by atoms with Crippen molar-refractivity contribution in [3.8, 4) is 11.5 Å². The Labute approximate surface area is 144 Å². The van der Waals surface area contributed by atoms with Gasteiger partial charge in [0.2, 0.25) is 12.7 Å². The molecule has 8 nitrogen and oxygen atoms in total. The molecule has 1 aliphatic rings. The number of ether oxygens (including phenoxy) is 2. The molecule has 0 spiro atoms. The Morgan fingerprint density at radius 1 is 1.24 bits per heavy atom. The van der Waals surface area contributed by atoms with E-state index in [1.165, 1.54) is 0 Å². The summed E-state index contributed by atoms with van der Waals surface area (Å²) >= 11 is 0. The molecule has 1 aliphatic heterocycles. The number of nitrogens with one attached hydrogen (secondary N) is 2. The van der Waals surface area contributed by atoms with E-state index in [0.717, 1.165) is 0 Å². The van der Waals surface area contributed by atoms with Crippen LogP contribution in [0.15, 0.2) is 22.7 Å². The van der Waals surface area contributed by atoms with Crippen molar-refractivity contribution in [1.82, 2.24) is 10.5 Å². The summed E-state index contributed by atoms with van der Waals surface area (Å²) in [6.45, 7) is 5.50. The fraction of sp³-hybridized carbons (Fsp3) is 0.353. The smallest absolute Gasteiger partial charge is 0.257 e. The zero-order valence-corrected chi connectivity index (χ0v) is 14.2. The van der Waals surface area contributed by atoms with Crippen LogP contribution >= 0.6 is 0 Å². The Morgan fingerprint density at radius 2 is 2.00 bits per heavy atom. The molecule has 0 fully saturated rings. The molecule has 2 amide bonds. The van der Waals surface area contributed by atoms with Crippen molar-refractivity contribution in [2.45, 2.75) is 26.7 Å². The topological polar surface area (TPSA) is 103 Å². The Kier molecular flexibility index (Phi) is 4.60. The summed E-state index contributed by atoms with van der Waals surface area (Å²) < 4.78 is 15.7. The molecule has 0 saturated carbocycles. The number of anilines is 1. The molecular formula is C17H19N3O5. The van der Waals surface area contributed by atoms with E-state index in [2.05, 4.69) is 15.8 Å². The van der Waals surface area contributed by atoms with Crippen molar-refractivity contribution < 1.29 is 23.6 Å². The van der Waals surface area contributed by atoms with E-state index < -0.39 is 0 Å². The molecule has 25 heavy (non-hydrogen) atoms. The number of hydrogen-bond acceptors (Lipinski definition) is 6. The van der Waals surface area contributed by atoms with Gasteiger partial charge in [-0.3, -0.25) is 9.59 Å². The molecule has 2 N–H and O–H groups in total. The highest BCUT2D eigenvalue weighted by Gasteiger charge is 2.23. The average Bonchev–Trinajstić information content (AvgIpc) is 3.18. The molecule has 3 rings (SSSR count). The van der Waals surface area contributed by atoms with Crippen LogP contribution < -0.4 is 20.1 Å². The van der Waals surface area contributed by atoms with E-state index >= 15 is 0 Å². The second-order valence-corrected chi connectivity index (χ2v) is 5.96. The summed E-state index contributed by atoms with van der Waals surface area (Å²) in [6, 6.07) is 5.09. The minimum absolute atomic E-state index is 0.0180. The zero-order chi connectivity index (χ0) is 18.0. The van der Waals surface area contributed by atoms with Crippen LogP contribution in [0, 0.1) is 6.92 Å². The van der Waals surface area contributed by atoms with E-state index in [9.17, 15) is 9.59 Å². The first kappa shape index (κ1) is 16.8. The number of amides is 2. The van der Waals surface area contributed by atoms with Crippen molar-refractivity contribution in [2.75, 3.05) is 18.7 Å². The number of aryl methyl sites for hydroxylation is 1. The van der Waals surface area contributed by atoms with Gasteiger partial charge in [-0.15, -0.1) is 0 Å². The van der Waals surface area contributed by atoms with Gasteiger partial charge in [0.1, 0.15) is 5.56 Å². The van der Waals surface area contributed by atoms with Crippen LogP contribution in [-0.2, 0) is 4.79 Å². The lowest BCUT2D eigenvalue weighted by Crippen LogP contribution is -2.33. The molecule has 0 radical (unpaired) electrons. The number of fused-ring (bicyclic) bond motifs is 1. The summed E-state index contributed by atoms with van der Waals surface area (Å²) in [5.41, 5.74) is 1.44. The number of carbonyl (C=O) groups is 2. The van der Waals surface area contributed by atoms with Gasteiger partial charge in [0.15, 0.2) is 17.3 Å². The lowest BCUT2D eigenvalue weighted by molar-refractivity contribution is -0.115. The van der Waals surface area contributed by atoms with Crippen LogP contribution in [0.4, 0.5) is 5.69 Å². The van der Waals surface area contributed by atoms with Gasteiger partial charge in [-0.1, -0.05) is 19.0 Å². The summed E-state index contributed by atoms with van der Waals surface area (Å²) in [6.07, 6.45) is 0. The molecule has 0 unspecified atom stereocenters. The maximum atomic E-state index is 12.3. The standard InChI is InChI=1S/C17H19N3O5/c1-9(2)16-15(10(3)20-25-16)17(22)18-7-14(21)19-11-4-5-12-13(6-11)24-8-23-12/h4-6,9H,7-8H2,1-3H3,(H,18,22)(H,19,21). The highest BCUT2D eigenvalue weighted by Crippen LogP contribution is 2.34. The molecule has 2 heterocycles. The number of hydrogen-bond donors (Lipinski definition) is 2. The van der Waals surface area contributed by atoms with Gasteiger partial charge in [0.05, 0.1) is 12.2 Å². The van der Waals surface area contributed by atoms with Crippen LogP contribution in [0.25, 0.3) is 0 Å². The Hall–Kier alpha value is -3.03. The van der Waals surface area contributed by atoms with Gasteiger partial charge in [-0.2, -0.15) is 0 Å². The second-order valence-electron chi connectivity index (χ2n) is 5.96. The van der Waals surface area contributed by atoms with Gasteiger partial charge in [-0.05, 0) is 19.1 Å². The third kappa shape index (κ3) is 3.57. The van der Waals surface area contributed by atoms with E-state index in [0.29, 0.717) is 34.2 Å². The second kappa shape index (κ2) is 6.84. The van der Waals surface area contributed by atoms with Crippen LogP contribution in [0.2, 0.25) is 0 Å². The molecular weight excluding hydrogens is 326 g/mol. The van der Waals surface area contributed by atoms with E-state index in [-0.39, 0.29) is 31.1 Å². The fourth-order valence-corrected chi connectivity index (χ4v) is 2.49. The molecule has 0 atom stereocenters. The summed E-state index contributed by atoms with van der Waals surface area (Å²) in [4.78, 5) is 24.4. The lowest BCUT2D eigenvalue weighted by atomic mass is 10.0. The van der Waals surface area contributed by atoms with Crippen LogP contribution in [0.5, 0.6) is 11.5 Å². The molecule has 1 aromatic heterocycles. The first-order valence-electron chi connectivity index (χ1n) is 7.89. The third-order valence-electron chi connectivity index (χ3n) is 3.71. The van der Waals surface area contributed by atoms with Crippen molar-refractivity contribution in [2.24, 2.45) is 0 Å². The molecule has 2 aromatic rings. The van der Waals surface area contributed by atoms with Crippen LogP contribution in [-0.4, -0.2) is 30.3 Å². The zero-order valence-electron chi connectivity index (χ0n) is 14.2. The first-order chi connectivity index (χ1) is 12.0. The Bertz CT molecular complexity index is 813. The highest BCUT2D eigenvalue weighted by atomic mass is 16.7. The lowest BCUT2D eigenvalue weighted by Gasteiger charge is -2.08. The van der Waals surface area contributed by atoms with Crippen molar-refractivity contribution in [1.29, 1.82) is 0 Å². The maximum Gasteiger partial charge on any atom is 0.257 e. The highest BCUT2D eigenvalue weighted by molar-refractivity contribution is 6.00. The third-order valence-corrected chi connectivity index (χ3v) is 3.71. The first-order valence-corrected chi connectivity index (χ1v) is 7.89. The summed E-state index contributed by atoms with van der Waals surface area (Å²) in [5, 5.41) is 9.11. The predicted molar refractivity (Wildman–Crippen MR) is 88.9 cm³/mol. The monoisotopic (exact) mass is 345 g/mol. The molecule has 1 aromatic carbocycles. The molecule has 0 aliphatic carbocycles. The Balaban J connectivity index is 1.59. The van der Waals surface area contributed by atoms with Crippen LogP contribution in [0.3, 0.4) is 0 Å². The van der Waals surface area contributed by atoms with Crippen molar-refractivity contribution >= 4 is 17.5 Å². The van der Waals surface area contributed by atoms with Gasteiger partial charge >= 0.3 is 0 Å². The fourth-order valence-electron chi connectivity index (χ4n) is 2.49. The normalized spacial score (nSPS) is 12.3. The van der Waals surface area contributed by atoms with Gasteiger partial charge in [-0.25, -0.2) is 0 Å². The minimum Gasteiger partial charge on any atom is -0.454 e. The van der Waals surface area contributed by atoms with E-state index in [1.807, 2.05) is 13.8 Å². The summed E-state index contributed by atoms with van der Waals surface area (Å²) in [7, 11) is 0. The Morgan fingerprint density at radius 3 is 2.76 bits per heavy atom. The quantitative estimate of drug-likeness (QED) is 0.861. The number of aromatic nitrogens is 1. The summed E-state index contributed by atoms with van der Waals surface area (Å²) in [5.74, 6) is 0.991. The van der Waals surface area contributed by atoms with Gasteiger partial charge in [0, 0.05) is 17.7 Å². The number of benzene rings is 1. The average molecular weight is 345 g/mol. The number of carbonyl (C=O) groups excluding carboxylic acids is 2. The van der Waals surface area contributed by atoms with E-state index in [1.54, 1.807) is 25.1 Å². The molecule has 132 valence electrons. The maximum absolute atomic E-state index is 12.3. The molecule has 8 heteroatoms. The SMILES string of the molecule is Cc1noc(C(C)C)c1C(=O)NCC(=O)Nc1ccc2c(c1)OCO2. The van der Waals surface area contributed by atoms with Crippen molar-refractivity contribution in [3.63, 3.8) is 0 Å². The van der Waals surface area contributed by atoms with Gasteiger partial charge in [0.25, 0.3) is 5.91 Å². The van der Waals surface area contributed by atoms with Crippen molar-refractivity contribution in [3.05, 3.63) is 35.2 Å². The molecule has 0 bridgehead atoms. The number of nitrogens with zero attached hydrogens (tertiary/aromatic N) is 1. The molecule has 0 saturated heterocycles. The van der Waals surface area contributed by atoms with Gasteiger partial charge < -0.3 is 24.6 Å². The minimum atomic E-state index is -0.386. The predicted octanol–water partition coefficient (Wildman–Crippen LogP) is 2.20. The van der Waals surface area contributed by atoms with Crippen LogP contribution in [0.1, 0.15) is 41.6 Å². The largest absolute Gasteiger partial charge is 0.454 e. The van der Waals surface area contributed by atoms with E-state index in [4.69, 9.17) is 14.0 Å².